The van der Waals surface area contributed by atoms with E-state index >= 15 is 0 Å². The zero-order valence-electron chi connectivity index (χ0n) is 18.6. The smallest absolute Gasteiger partial charge is 0.416 e. The summed E-state index contributed by atoms with van der Waals surface area (Å²) in [6.45, 7) is 0.840. The van der Waals surface area contributed by atoms with Gasteiger partial charge in [0.15, 0.2) is 11.5 Å². The minimum Gasteiger partial charge on any atom is -0.464 e. The average molecular weight is 486 g/mol. The van der Waals surface area contributed by atoms with Crippen LogP contribution in [0.1, 0.15) is 28.2 Å². The molecule has 1 atom stereocenters. The summed E-state index contributed by atoms with van der Waals surface area (Å²) in [5.41, 5.74) is 0.382. The van der Waals surface area contributed by atoms with Crippen molar-refractivity contribution in [3.63, 3.8) is 0 Å². The van der Waals surface area contributed by atoms with Gasteiger partial charge in [-0.1, -0.05) is 0 Å². The molecule has 8 nitrogen and oxygen atoms in total. The number of aromatic nitrogens is 2. The van der Waals surface area contributed by atoms with E-state index in [1.807, 2.05) is 0 Å². The van der Waals surface area contributed by atoms with Crippen molar-refractivity contribution in [3.05, 3.63) is 71.5 Å². The molecule has 1 aliphatic rings. The highest BCUT2D eigenvalue weighted by Gasteiger charge is 2.30. The van der Waals surface area contributed by atoms with Gasteiger partial charge in [0.2, 0.25) is 5.91 Å². The first kappa shape index (κ1) is 24.1. The maximum absolute atomic E-state index is 12.7. The molecule has 0 spiro atoms. The van der Waals surface area contributed by atoms with Gasteiger partial charge < -0.3 is 20.1 Å². The van der Waals surface area contributed by atoms with Crippen molar-refractivity contribution < 1.29 is 32.2 Å². The van der Waals surface area contributed by atoms with E-state index in [1.165, 1.54) is 25.3 Å². The molecule has 0 bridgehead atoms. The quantitative estimate of drug-likeness (QED) is 0.491. The third-order valence-electron chi connectivity index (χ3n) is 5.28. The van der Waals surface area contributed by atoms with E-state index in [0.717, 1.165) is 12.1 Å². The molecule has 0 saturated carbocycles. The molecular weight excluding hydrogens is 465 g/mol. The van der Waals surface area contributed by atoms with Crippen LogP contribution in [0.25, 0.3) is 11.4 Å². The number of hydrogen-bond acceptors (Lipinski definition) is 7. The lowest BCUT2D eigenvalue weighted by molar-refractivity contribution is -0.137. The monoisotopic (exact) mass is 486 g/mol. The summed E-state index contributed by atoms with van der Waals surface area (Å²) in [5, 5.41) is 5.86. The summed E-state index contributed by atoms with van der Waals surface area (Å²) in [6, 6.07) is 12.1. The largest absolute Gasteiger partial charge is 0.464 e. The van der Waals surface area contributed by atoms with Gasteiger partial charge in [0, 0.05) is 18.7 Å². The second-order valence-electron chi connectivity index (χ2n) is 7.72. The first-order valence-electron chi connectivity index (χ1n) is 10.7. The maximum Gasteiger partial charge on any atom is 0.416 e. The molecule has 1 unspecified atom stereocenters. The number of carbonyl (C=O) groups excluding carboxylic acids is 2. The van der Waals surface area contributed by atoms with Gasteiger partial charge >= 0.3 is 12.1 Å². The predicted octanol–water partition coefficient (Wildman–Crippen LogP) is 3.72. The van der Waals surface area contributed by atoms with Gasteiger partial charge in [0.05, 0.1) is 24.4 Å². The Morgan fingerprint density at radius 1 is 1.09 bits per heavy atom. The fourth-order valence-corrected chi connectivity index (χ4v) is 3.46. The zero-order valence-corrected chi connectivity index (χ0v) is 18.6. The second kappa shape index (κ2) is 10.1. The van der Waals surface area contributed by atoms with Crippen LogP contribution in [0.4, 0.5) is 13.2 Å². The van der Waals surface area contributed by atoms with Crippen LogP contribution in [0.5, 0.6) is 11.5 Å². The molecule has 3 aromatic rings. The summed E-state index contributed by atoms with van der Waals surface area (Å²) in [6.07, 6.45) is -3.77. The number of nitrogens with zero attached hydrogens (tertiary/aromatic N) is 2. The molecule has 11 heteroatoms. The molecule has 35 heavy (non-hydrogen) atoms. The Balaban J connectivity index is 1.52. The van der Waals surface area contributed by atoms with E-state index in [9.17, 15) is 22.8 Å². The van der Waals surface area contributed by atoms with Crippen LogP contribution < -0.4 is 15.4 Å². The highest BCUT2D eigenvalue weighted by molar-refractivity contribution is 5.87. The number of methoxy groups -OCH3 is 1. The molecule has 2 heterocycles. The molecule has 2 aromatic carbocycles. The summed E-state index contributed by atoms with van der Waals surface area (Å²) in [7, 11) is 1.25. The third kappa shape index (κ3) is 5.93. The molecule has 1 aliphatic heterocycles. The van der Waals surface area contributed by atoms with E-state index < -0.39 is 17.7 Å². The number of amides is 1. The van der Waals surface area contributed by atoms with Crippen molar-refractivity contribution in [1.29, 1.82) is 0 Å². The van der Waals surface area contributed by atoms with Crippen molar-refractivity contribution in [2.45, 2.75) is 25.2 Å². The molecule has 0 radical (unpaired) electrons. The van der Waals surface area contributed by atoms with E-state index in [1.54, 1.807) is 24.3 Å². The van der Waals surface area contributed by atoms with Crippen LogP contribution in [-0.4, -0.2) is 41.5 Å². The number of nitrogens with one attached hydrogen (secondary N) is 2. The van der Waals surface area contributed by atoms with Gasteiger partial charge in [0.25, 0.3) is 0 Å². The predicted molar refractivity (Wildman–Crippen MR) is 119 cm³/mol. The molecule has 4 rings (SSSR count). The van der Waals surface area contributed by atoms with Gasteiger partial charge in [-0.2, -0.15) is 13.2 Å². The molecule has 2 N–H and O–H groups in total. The lowest BCUT2D eigenvalue weighted by atomic mass is 10.2. The van der Waals surface area contributed by atoms with Crippen LogP contribution in [0, 0.1) is 0 Å². The number of esters is 1. The maximum atomic E-state index is 12.7. The highest BCUT2D eigenvalue weighted by atomic mass is 19.4. The Morgan fingerprint density at radius 2 is 1.74 bits per heavy atom. The number of rotatable bonds is 7. The Kier molecular flexibility index (Phi) is 6.97. The van der Waals surface area contributed by atoms with Gasteiger partial charge in [-0.3, -0.25) is 4.79 Å². The topological polar surface area (TPSA) is 102 Å². The fraction of sp³-hybridized carbons (Fsp3) is 0.250. The normalized spacial score (nSPS) is 15.5. The number of ether oxygens (including phenoxy) is 2. The summed E-state index contributed by atoms with van der Waals surface area (Å²) in [5.74, 6) is 0.194. The first-order chi connectivity index (χ1) is 16.7. The number of alkyl halides is 3. The van der Waals surface area contributed by atoms with Crippen molar-refractivity contribution in [2.24, 2.45) is 0 Å². The minimum atomic E-state index is -4.42. The molecular formula is C24H21F3N4O4. The van der Waals surface area contributed by atoms with Crippen LogP contribution in [0.2, 0.25) is 0 Å². The second-order valence-corrected chi connectivity index (χ2v) is 7.72. The average Bonchev–Trinajstić information content (AvgIpc) is 3.27. The number of carbonyl (C=O) groups is 2. The zero-order chi connectivity index (χ0) is 25.0. The SMILES string of the molecule is COC(=O)c1cc(CNC2CCNC2=O)nc(-c2ccc(Oc3ccc(C(F)(F)F)cc3)cc2)n1. The van der Waals surface area contributed by atoms with Gasteiger partial charge in [-0.15, -0.1) is 0 Å². The highest BCUT2D eigenvalue weighted by Crippen LogP contribution is 2.31. The first-order valence-corrected chi connectivity index (χ1v) is 10.7. The summed E-state index contributed by atoms with van der Waals surface area (Å²) in [4.78, 5) is 32.7. The van der Waals surface area contributed by atoms with Gasteiger partial charge in [0.1, 0.15) is 11.5 Å². The lowest BCUT2D eigenvalue weighted by Gasteiger charge is -2.12. The Labute approximate surface area is 198 Å². The van der Waals surface area contributed by atoms with E-state index in [0.29, 0.717) is 30.0 Å². The minimum absolute atomic E-state index is 0.0651. The molecule has 1 aromatic heterocycles. The van der Waals surface area contributed by atoms with Crippen molar-refractivity contribution >= 4 is 11.9 Å². The van der Waals surface area contributed by atoms with E-state index in [2.05, 4.69) is 20.6 Å². The van der Waals surface area contributed by atoms with Crippen LogP contribution >= 0.6 is 0 Å². The van der Waals surface area contributed by atoms with E-state index in [4.69, 9.17) is 9.47 Å². The number of benzene rings is 2. The van der Waals surface area contributed by atoms with Gasteiger partial charge in [-0.25, -0.2) is 14.8 Å². The van der Waals surface area contributed by atoms with Crippen LogP contribution in [-0.2, 0) is 22.3 Å². The van der Waals surface area contributed by atoms with Gasteiger partial charge in [-0.05, 0) is 61.0 Å². The molecule has 1 fully saturated rings. The standard InChI is InChI=1S/C24H21F3N4O4/c1-34-23(33)20-12-16(13-29-19-10-11-28-22(19)32)30-21(31-20)14-2-6-17(7-3-14)35-18-8-4-15(5-9-18)24(25,26)27/h2-9,12,19,29H,10-11,13H2,1H3,(H,28,32). The molecule has 0 aliphatic carbocycles. The summed E-state index contributed by atoms with van der Waals surface area (Å²) < 4.78 is 48.6. The summed E-state index contributed by atoms with van der Waals surface area (Å²) >= 11 is 0. The molecule has 182 valence electrons. The Hall–Kier alpha value is -3.99. The third-order valence-corrected chi connectivity index (χ3v) is 5.28. The van der Waals surface area contributed by atoms with Crippen molar-refractivity contribution in [2.75, 3.05) is 13.7 Å². The van der Waals surface area contributed by atoms with E-state index in [-0.39, 0.29) is 35.8 Å². The number of hydrogen-bond donors (Lipinski definition) is 2. The lowest BCUT2D eigenvalue weighted by Crippen LogP contribution is -2.36. The van der Waals surface area contributed by atoms with Crippen LogP contribution in [0.15, 0.2) is 54.6 Å². The van der Waals surface area contributed by atoms with Crippen molar-refractivity contribution in [1.82, 2.24) is 20.6 Å². The fourth-order valence-electron chi connectivity index (χ4n) is 3.46. The molecule has 1 saturated heterocycles. The Morgan fingerprint density at radius 3 is 2.31 bits per heavy atom. The van der Waals surface area contributed by atoms with Crippen molar-refractivity contribution in [3.8, 4) is 22.9 Å². The van der Waals surface area contributed by atoms with Crippen LogP contribution in [0.3, 0.4) is 0 Å². The Bertz CT molecular complexity index is 1210. The molecule has 1 amide bonds. The number of halogens is 3.